The molecule has 5 heteroatoms. The molecular weight excluding hydrogens is 192 g/mol. The normalized spacial score (nSPS) is 9.92. The summed E-state index contributed by atoms with van der Waals surface area (Å²) in [6.07, 6.45) is 0. The lowest BCUT2D eigenvalue weighted by molar-refractivity contribution is 0.0574. The van der Waals surface area contributed by atoms with Gasteiger partial charge >= 0.3 is 5.97 Å². The van der Waals surface area contributed by atoms with Gasteiger partial charge in [0.15, 0.2) is 16.6 Å². The van der Waals surface area contributed by atoms with E-state index in [1.54, 1.807) is 30.3 Å². The molecule has 70 valence electrons. The van der Waals surface area contributed by atoms with Gasteiger partial charge in [0.05, 0.1) is 5.56 Å². The number of carbonyl (C=O) groups is 1. The van der Waals surface area contributed by atoms with Crippen molar-refractivity contribution in [3.8, 4) is 0 Å². The summed E-state index contributed by atoms with van der Waals surface area (Å²) in [6, 6.07) is 8.22. The molecule has 0 saturated heterocycles. The number of hydrogen-bond acceptors (Lipinski definition) is 4. The lowest BCUT2D eigenvalue weighted by Crippen LogP contribution is -2.06. The van der Waals surface area contributed by atoms with E-state index in [0.29, 0.717) is 5.56 Å². The zero-order chi connectivity index (χ0) is 9.68. The highest BCUT2D eigenvalue weighted by molar-refractivity contribution is 7.72. The summed E-state index contributed by atoms with van der Waals surface area (Å²) in [6.45, 7) is 0. The fourth-order valence-electron chi connectivity index (χ4n) is 0.769. The fourth-order valence-corrected chi connectivity index (χ4v) is 0.992. The minimum absolute atomic E-state index is 0.347. The van der Waals surface area contributed by atoms with Crippen LogP contribution >= 0.6 is 0 Å². The van der Waals surface area contributed by atoms with Crippen molar-refractivity contribution < 1.29 is 17.9 Å². The molecule has 0 aliphatic heterocycles. The molecule has 1 aromatic carbocycles. The van der Waals surface area contributed by atoms with Crippen LogP contribution < -0.4 is 0 Å². The zero-order valence-electron chi connectivity index (χ0n) is 6.67. The lowest BCUT2D eigenvalue weighted by Gasteiger charge is -1.98. The first kappa shape index (κ1) is 9.73. The van der Waals surface area contributed by atoms with Crippen molar-refractivity contribution >= 4 is 16.7 Å². The van der Waals surface area contributed by atoms with Crippen LogP contribution in [-0.2, 0) is 15.4 Å². The van der Waals surface area contributed by atoms with Gasteiger partial charge in [0.1, 0.15) is 0 Å². The number of thiol groups is 1. The molecule has 0 aromatic heterocycles. The van der Waals surface area contributed by atoms with Gasteiger partial charge in [0.25, 0.3) is 0 Å². The monoisotopic (exact) mass is 200 g/mol. The van der Waals surface area contributed by atoms with Gasteiger partial charge in [0, 0.05) is 0 Å². The summed E-state index contributed by atoms with van der Waals surface area (Å²) < 4.78 is 24.6. The summed E-state index contributed by atoms with van der Waals surface area (Å²) in [5.41, 5.74) is 0.347. The second kappa shape index (κ2) is 4.61. The molecule has 0 atom stereocenters. The van der Waals surface area contributed by atoms with Gasteiger partial charge in [-0.3, -0.25) is 0 Å². The van der Waals surface area contributed by atoms with Crippen LogP contribution in [0.25, 0.3) is 0 Å². The topological polar surface area (TPSA) is 60.4 Å². The second-order valence-corrected chi connectivity index (χ2v) is 3.18. The predicted octanol–water partition coefficient (Wildman–Crippen LogP) is 0.412. The largest absolute Gasteiger partial charge is 0.446 e. The summed E-state index contributed by atoms with van der Waals surface area (Å²) in [7, 11) is -2.67. The Morgan fingerprint density at radius 1 is 1.23 bits per heavy atom. The van der Waals surface area contributed by atoms with E-state index < -0.39 is 22.6 Å². The standard InChI is InChI=1S/C8H8O4S/c9-8(12-6-13(10)11)7-4-2-1-3-5-7/h1-5,13H,6H2. The molecule has 0 aliphatic rings. The Morgan fingerprint density at radius 2 is 1.85 bits per heavy atom. The first-order valence-electron chi connectivity index (χ1n) is 3.54. The van der Waals surface area contributed by atoms with Gasteiger partial charge in [-0.1, -0.05) is 18.2 Å². The van der Waals surface area contributed by atoms with Crippen molar-refractivity contribution in [3.63, 3.8) is 0 Å². The van der Waals surface area contributed by atoms with Crippen LogP contribution in [0.15, 0.2) is 30.3 Å². The van der Waals surface area contributed by atoms with Gasteiger partial charge < -0.3 is 4.74 Å². The van der Waals surface area contributed by atoms with Crippen molar-refractivity contribution in [1.82, 2.24) is 0 Å². The summed E-state index contributed by atoms with van der Waals surface area (Å²) >= 11 is 0. The molecule has 0 N–H and O–H groups in total. The van der Waals surface area contributed by atoms with Crippen LogP contribution in [0.4, 0.5) is 0 Å². The molecule has 0 bridgehead atoms. The van der Waals surface area contributed by atoms with E-state index in [1.807, 2.05) is 0 Å². The third-order valence-electron chi connectivity index (χ3n) is 1.31. The highest BCUT2D eigenvalue weighted by Gasteiger charge is 2.04. The Bertz CT molecular complexity index is 348. The summed E-state index contributed by atoms with van der Waals surface area (Å²) in [4.78, 5) is 11.1. The van der Waals surface area contributed by atoms with E-state index in [-0.39, 0.29) is 0 Å². The Hall–Kier alpha value is -1.36. The van der Waals surface area contributed by atoms with Crippen LogP contribution in [0.1, 0.15) is 10.4 Å². The molecule has 1 rings (SSSR count). The third-order valence-corrected chi connectivity index (χ3v) is 1.65. The molecule has 0 amide bonds. The van der Waals surface area contributed by atoms with Crippen LogP contribution in [0.5, 0.6) is 0 Å². The Kier molecular flexibility index (Phi) is 3.45. The molecule has 0 heterocycles. The smallest absolute Gasteiger partial charge is 0.339 e. The number of ether oxygens (including phenoxy) is 1. The molecule has 0 fully saturated rings. The molecule has 13 heavy (non-hydrogen) atoms. The van der Waals surface area contributed by atoms with Crippen molar-refractivity contribution in [2.24, 2.45) is 0 Å². The minimum atomic E-state index is -2.67. The molecule has 0 spiro atoms. The second-order valence-electron chi connectivity index (χ2n) is 2.26. The van der Waals surface area contributed by atoms with Gasteiger partial charge in [-0.25, -0.2) is 13.2 Å². The highest BCUT2D eigenvalue weighted by Crippen LogP contribution is 2.00. The minimum Gasteiger partial charge on any atom is -0.446 e. The Morgan fingerprint density at radius 3 is 2.38 bits per heavy atom. The van der Waals surface area contributed by atoms with E-state index in [1.165, 1.54) is 0 Å². The quantitative estimate of drug-likeness (QED) is 0.567. The zero-order valence-corrected chi connectivity index (χ0v) is 7.57. The summed E-state index contributed by atoms with van der Waals surface area (Å²) in [5.74, 6) is -1.19. The maximum absolute atomic E-state index is 11.1. The molecular formula is C8H8O4S. The average molecular weight is 200 g/mol. The number of hydrogen-bond donors (Lipinski definition) is 1. The molecule has 1 aromatic rings. The van der Waals surface area contributed by atoms with Crippen LogP contribution in [0, 0.1) is 0 Å². The highest BCUT2D eigenvalue weighted by atomic mass is 32.2. The summed E-state index contributed by atoms with van der Waals surface area (Å²) in [5, 5.41) is 0. The molecule has 4 nitrogen and oxygen atoms in total. The molecule has 0 radical (unpaired) electrons. The predicted molar refractivity (Wildman–Crippen MR) is 47.0 cm³/mol. The number of rotatable bonds is 3. The van der Waals surface area contributed by atoms with Crippen LogP contribution in [0.2, 0.25) is 0 Å². The maximum atomic E-state index is 11.1. The van der Waals surface area contributed by atoms with Crippen LogP contribution in [-0.4, -0.2) is 20.3 Å². The number of carbonyl (C=O) groups excluding carboxylic acids is 1. The van der Waals surface area contributed by atoms with Gasteiger partial charge in [-0.15, -0.1) is 0 Å². The van der Waals surface area contributed by atoms with E-state index in [2.05, 4.69) is 4.74 Å². The van der Waals surface area contributed by atoms with E-state index in [0.717, 1.165) is 0 Å². The third kappa shape index (κ3) is 3.25. The number of esters is 1. The van der Waals surface area contributed by atoms with E-state index in [9.17, 15) is 13.2 Å². The fraction of sp³-hybridized carbons (Fsp3) is 0.125. The number of benzene rings is 1. The Labute approximate surface area is 77.1 Å². The molecule has 0 unspecified atom stereocenters. The molecule has 0 aliphatic carbocycles. The SMILES string of the molecule is O=C(OC[SH](=O)=O)c1ccccc1. The van der Waals surface area contributed by atoms with E-state index in [4.69, 9.17) is 0 Å². The van der Waals surface area contributed by atoms with Crippen LogP contribution in [0.3, 0.4) is 0 Å². The molecule has 0 saturated carbocycles. The van der Waals surface area contributed by atoms with Gasteiger partial charge in [-0.2, -0.15) is 0 Å². The van der Waals surface area contributed by atoms with Gasteiger partial charge in [-0.05, 0) is 12.1 Å². The van der Waals surface area contributed by atoms with Crippen molar-refractivity contribution in [1.29, 1.82) is 0 Å². The lowest BCUT2D eigenvalue weighted by atomic mass is 10.2. The first-order valence-corrected chi connectivity index (χ1v) is 4.90. The van der Waals surface area contributed by atoms with Crippen molar-refractivity contribution in [2.45, 2.75) is 0 Å². The maximum Gasteiger partial charge on any atom is 0.339 e. The van der Waals surface area contributed by atoms with Crippen molar-refractivity contribution in [2.75, 3.05) is 5.94 Å². The average Bonchev–Trinajstić information content (AvgIpc) is 2.15. The Balaban J connectivity index is 2.59. The van der Waals surface area contributed by atoms with E-state index >= 15 is 0 Å². The van der Waals surface area contributed by atoms with Gasteiger partial charge in [0.2, 0.25) is 0 Å². The van der Waals surface area contributed by atoms with Crippen molar-refractivity contribution in [3.05, 3.63) is 35.9 Å². The first-order chi connectivity index (χ1) is 6.20.